The predicted molar refractivity (Wildman–Crippen MR) is 185 cm³/mol. The largest absolute Gasteiger partial charge is 0.481 e. The molecule has 2 aromatic carbocycles. The number of nitriles is 1. The van der Waals surface area contributed by atoms with E-state index in [2.05, 4.69) is 62.5 Å². The van der Waals surface area contributed by atoms with Gasteiger partial charge in [-0.15, -0.1) is 0 Å². The summed E-state index contributed by atoms with van der Waals surface area (Å²) in [6, 6.07) is 18.0. The van der Waals surface area contributed by atoms with Gasteiger partial charge in [0.05, 0.1) is 24.4 Å². The number of halogens is 2. The number of nitrogens with zero attached hydrogens (tertiary/aromatic N) is 6. The van der Waals surface area contributed by atoms with E-state index in [1.54, 1.807) is 13.2 Å². The van der Waals surface area contributed by atoms with Crippen molar-refractivity contribution < 1.29 is 13.9 Å². The second kappa shape index (κ2) is 17.4. The minimum atomic E-state index is -0.932. The molecule has 0 radical (unpaired) electrons. The third-order valence-electron chi connectivity index (χ3n) is 7.44. The summed E-state index contributed by atoms with van der Waals surface area (Å²) in [5, 5.41) is 9.57. The van der Waals surface area contributed by atoms with E-state index < -0.39 is 11.7 Å². The molecule has 2 saturated heterocycles. The van der Waals surface area contributed by atoms with Gasteiger partial charge in [0.25, 0.3) is 5.91 Å². The Kier molecular flexibility index (Phi) is 13.7. The van der Waals surface area contributed by atoms with Crippen LogP contribution in [0.4, 0.5) is 10.1 Å². The van der Waals surface area contributed by atoms with Gasteiger partial charge < -0.3 is 19.4 Å². The summed E-state index contributed by atoms with van der Waals surface area (Å²) in [4.78, 5) is 27.3. The van der Waals surface area contributed by atoms with Gasteiger partial charge in [-0.05, 0) is 56.1 Å². The number of likely N-dealkylation sites (tertiary alicyclic amines) is 1. The number of carbonyl (C=O) groups is 1. The molecule has 1 amide bonds. The van der Waals surface area contributed by atoms with Crippen LogP contribution in [-0.4, -0.2) is 79.1 Å². The van der Waals surface area contributed by atoms with Gasteiger partial charge in [-0.1, -0.05) is 66.7 Å². The minimum Gasteiger partial charge on any atom is -0.481 e. The van der Waals surface area contributed by atoms with Crippen LogP contribution >= 0.6 is 15.9 Å². The number of methoxy groups -OCH3 is 1. The highest BCUT2D eigenvalue weighted by atomic mass is 79.9. The predicted octanol–water partition coefficient (Wildman–Crippen LogP) is 7.62. The molecule has 45 heavy (non-hydrogen) atoms. The van der Waals surface area contributed by atoms with Crippen LogP contribution in [0.1, 0.15) is 33.6 Å². The Morgan fingerprint density at radius 3 is 2.22 bits per heavy atom. The number of hydrogen-bond acceptors (Lipinski definition) is 7. The number of benzene rings is 2. The molecule has 2 aliphatic heterocycles. The van der Waals surface area contributed by atoms with Crippen LogP contribution in [0.3, 0.4) is 0 Å². The molecule has 0 atom stereocenters. The highest BCUT2D eigenvalue weighted by Gasteiger charge is 2.25. The standard InChI is InChI=1S/C26H22BrFN4O2.C5H11N.C2H3N.C2H6/c1-16(28)26(33)32-11-9-31(10-12-32)22-14-23(34-2)30-21-13-18(15-29-25(21)22)19-7-3-5-17-6-4-8-20(27)24(17)19;1-6-4-2-3-5-6;1-2-3;1-2/h3-8,13-15H,1,9-12H2,2H3;2-5H2,1H3;1H3;1-2H3. The first-order valence-electron chi connectivity index (χ1n) is 15.2. The second-order valence-electron chi connectivity index (χ2n) is 10.3. The van der Waals surface area contributed by atoms with E-state index in [4.69, 9.17) is 15.0 Å². The zero-order chi connectivity index (χ0) is 32.9. The lowest BCUT2D eigenvalue weighted by molar-refractivity contribution is -0.128. The molecular weight excluding hydrogens is 635 g/mol. The molecule has 2 aromatic heterocycles. The molecular formula is C35H42BrFN6O2. The van der Waals surface area contributed by atoms with Crippen LogP contribution in [0.5, 0.6) is 5.88 Å². The van der Waals surface area contributed by atoms with E-state index in [0.29, 0.717) is 37.6 Å². The Hall–Kier alpha value is -4.07. The second-order valence-corrected chi connectivity index (χ2v) is 11.2. The summed E-state index contributed by atoms with van der Waals surface area (Å²) in [7, 11) is 3.76. The monoisotopic (exact) mass is 676 g/mol. The Morgan fingerprint density at radius 2 is 1.67 bits per heavy atom. The molecule has 0 saturated carbocycles. The Labute approximate surface area is 274 Å². The molecule has 238 valence electrons. The maximum atomic E-state index is 13.3. The maximum absolute atomic E-state index is 13.3. The van der Waals surface area contributed by atoms with Crippen molar-refractivity contribution in [2.45, 2.75) is 33.6 Å². The minimum absolute atomic E-state index is 0.399. The van der Waals surface area contributed by atoms with E-state index in [1.165, 1.54) is 37.8 Å². The lowest BCUT2D eigenvalue weighted by Crippen LogP contribution is -2.49. The molecule has 0 spiro atoms. The smallest absolute Gasteiger partial charge is 0.282 e. The molecule has 2 aliphatic rings. The van der Waals surface area contributed by atoms with Gasteiger partial charge >= 0.3 is 0 Å². The van der Waals surface area contributed by atoms with Crippen molar-refractivity contribution in [1.82, 2.24) is 19.8 Å². The van der Waals surface area contributed by atoms with Crippen molar-refractivity contribution in [3.8, 4) is 23.1 Å². The van der Waals surface area contributed by atoms with Gasteiger partial charge in [-0.25, -0.2) is 9.37 Å². The maximum Gasteiger partial charge on any atom is 0.282 e. The van der Waals surface area contributed by atoms with Gasteiger partial charge in [0.2, 0.25) is 5.88 Å². The van der Waals surface area contributed by atoms with Gasteiger partial charge in [0, 0.05) is 60.8 Å². The third kappa shape index (κ3) is 8.99. The van der Waals surface area contributed by atoms with Gasteiger partial charge in [0.15, 0.2) is 5.83 Å². The van der Waals surface area contributed by atoms with Crippen molar-refractivity contribution in [3.05, 3.63) is 71.6 Å². The number of anilines is 1. The highest BCUT2D eigenvalue weighted by Crippen LogP contribution is 2.36. The third-order valence-corrected chi connectivity index (χ3v) is 8.11. The van der Waals surface area contributed by atoms with E-state index in [-0.39, 0.29) is 0 Å². The SMILES string of the molecule is C=C(F)C(=O)N1CCN(c2cc(OC)nc3cc(-c4cccc5cccc(Br)c45)cnc23)CC1.CC.CC#N.CN1CCCC1. The van der Waals surface area contributed by atoms with Crippen LogP contribution in [-0.2, 0) is 4.79 Å². The number of ether oxygens (including phenoxy) is 1. The van der Waals surface area contributed by atoms with E-state index in [9.17, 15) is 9.18 Å². The van der Waals surface area contributed by atoms with Gasteiger partial charge in [0.1, 0.15) is 5.52 Å². The summed E-state index contributed by atoms with van der Waals surface area (Å²) in [6.07, 6.45) is 4.69. The molecule has 8 nitrogen and oxygen atoms in total. The fourth-order valence-electron chi connectivity index (χ4n) is 5.30. The molecule has 0 aliphatic carbocycles. The number of aromatic nitrogens is 2. The summed E-state index contributed by atoms with van der Waals surface area (Å²) in [6.45, 7) is 13.1. The summed E-state index contributed by atoms with van der Waals surface area (Å²) < 4.78 is 19.8. The van der Waals surface area contributed by atoms with Crippen molar-refractivity contribution >= 4 is 49.3 Å². The quantitative estimate of drug-likeness (QED) is 0.206. The van der Waals surface area contributed by atoms with Crippen molar-refractivity contribution in [2.75, 3.05) is 58.3 Å². The van der Waals surface area contributed by atoms with Gasteiger partial charge in [-0.3, -0.25) is 9.78 Å². The molecule has 0 N–H and O–H groups in total. The first kappa shape index (κ1) is 35.4. The van der Waals surface area contributed by atoms with Crippen LogP contribution < -0.4 is 9.64 Å². The van der Waals surface area contributed by atoms with Gasteiger partial charge in [-0.2, -0.15) is 5.26 Å². The number of pyridine rings is 2. The lowest BCUT2D eigenvalue weighted by atomic mass is 9.99. The fraction of sp³-hybridized carbons (Fsp3) is 0.371. The topological polar surface area (TPSA) is 85.6 Å². The molecule has 10 heteroatoms. The number of hydrogen-bond donors (Lipinski definition) is 0. The Bertz CT molecular complexity index is 1640. The normalized spacial score (nSPS) is 14.3. The van der Waals surface area contributed by atoms with Crippen molar-refractivity contribution in [3.63, 3.8) is 0 Å². The molecule has 0 unspecified atom stereocenters. The number of rotatable bonds is 4. The molecule has 2 fully saturated rings. The molecule has 6 rings (SSSR count). The first-order valence-corrected chi connectivity index (χ1v) is 16.0. The number of carbonyl (C=O) groups excluding carboxylic acids is 1. The average Bonchev–Trinajstić information content (AvgIpc) is 3.56. The van der Waals surface area contributed by atoms with E-state index in [0.717, 1.165) is 37.6 Å². The average molecular weight is 678 g/mol. The van der Waals surface area contributed by atoms with Crippen LogP contribution in [0.2, 0.25) is 0 Å². The van der Waals surface area contributed by atoms with Crippen LogP contribution in [0.25, 0.3) is 32.9 Å². The zero-order valence-corrected chi connectivity index (χ0v) is 28.4. The first-order chi connectivity index (χ1) is 21.8. The van der Waals surface area contributed by atoms with Crippen LogP contribution in [0.15, 0.2) is 71.6 Å². The van der Waals surface area contributed by atoms with Crippen molar-refractivity contribution in [1.29, 1.82) is 5.26 Å². The fourth-order valence-corrected chi connectivity index (χ4v) is 5.89. The van der Waals surface area contributed by atoms with E-state index >= 15 is 0 Å². The lowest BCUT2D eigenvalue weighted by Gasteiger charge is -2.36. The Morgan fingerprint density at radius 1 is 1.04 bits per heavy atom. The Balaban J connectivity index is 0.000000432. The summed E-state index contributed by atoms with van der Waals surface area (Å²) >= 11 is 3.69. The molecule has 0 bridgehead atoms. The molecule has 4 aromatic rings. The highest BCUT2D eigenvalue weighted by molar-refractivity contribution is 9.10. The summed E-state index contributed by atoms with van der Waals surface area (Å²) in [5.74, 6) is -1.10. The number of amides is 1. The van der Waals surface area contributed by atoms with Crippen molar-refractivity contribution in [2.24, 2.45) is 0 Å². The molecule has 4 heterocycles. The summed E-state index contributed by atoms with van der Waals surface area (Å²) in [5.41, 5.74) is 4.35. The van der Waals surface area contributed by atoms with Crippen LogP contribution in [0, 0.1) is 11.3 Å². The zero-order valence-electron chi connectivity index (χ0n) is 26.8. The number of fused-ring (bicyclic) bond motifs is 2. The number of piperazine rings is 1. The van der Waals surface area contributed by atoms with E-state index in [1.807, 2.05) is 50.4 Å².